The van der Waals surface area contributed by atoms with Crippen LogP contribution in [-0.4, -0.2) is 26.4 Å². The molecule has 1 N–H and O–H groups in total. The summed E-state index contributed by atoms with van der Waals surface area (Å²) in [6, 6.07) is 8.03. The van der Waals surface area contributed by atoms with Crippen LogP contribution in [0.5, 0.6) is 5.75 Å². The summed E-state index contributed by atoms with van der Waals surface area (Å²) in [5.74, 6) is 3.37. The molecule has 1 saturated heterocycles. The molecule has 0 radical (unpaired) electrons. The zero-order valence-electron chi connectivity index (χ0n) is 12.2. The molecule has 1 aliphatic heterocycles. The molecule has 0 bridgehead atoms. The van der Waals surface area contributed by atoms with Gasteiger partial charge in [-0.15, -0.1) is 6.42 Å². The zero-order chi connectivity index (χ0) is 14.3. The van der Waals surface area contributed by atoms with Gasteiger partial charge in [-0.1, -0.05) is 31.0 Å². The van der Waals surface area contributed by atoms with Gasteiger partial charge in [0.25, 0.3) is 0 Å². The van der Waals surface area contributed by atoms with Gasteiger partial charge in [0.1, 0.15) is 12.4 Å². The number of para-hydroxylation sites is 1. The number of hydrogen-bond donors (Lipinski definition) is 1. The normalized spacial score (nSPS) is 17.4. The first-order valence-electron chi connectivity index (χ1n) is 7.16. The highest BCUT2D eigenvalue weighted by atomic mass is 16.5. The lowest BCUT2D eigenvalue weighted by Crippen LogP contribution is -2.36. The van der Waals surface area contributed by atoms with E-state index in [0.29, 0.717) is 12.0 Å². The number of nitrogens with one attached hydrogen (secondary N) is 1. The molecule has 0 atom stereocenters. The lowest BCUT2D eigenvalue weighted by Gasteiger charge is -2.33. The highest BCUT2D eigenvalue weighted by Crippen LogP contribution is 2.29. The Morgan fingerprint density at radius 2 is 2.10 bits per heavy atom. The molecule has 0 saturated carbocycles. The summed E-state index contributed by atoms with van der Waals surface area (Å²) in [5, 5.41) is 3.54. The molecule has 3 nitrogen and oxygen atoms in total. The standard InChI is InChI=1S/C17H23NO2/c1-3-10-20-16-7-5-4-6-15(16)13-18-14-17(2)8-11-19-12-9-17/h1,4-7,18H,8-14H2,2H3. The van der Waals surface area contributed by atoms with Gasteiger partial charge in [-0.25, -0.2) is 0 Å². The summed E-state index contributed by atoms with van der Waals surface area (Å²) in [6.07, 6.45) is 7.48. The molecule has 1 fully saturated rings. The molecule has 1 aromatic carbocycles. The van der Waals surface area contributed by atoms with Crippen LogP contribution in [0.15, 0.2) is 24.3 Å². The predicted octanol–water partition coefficient (Wildman–Crippen LogP) is 2.60. The lowest BCUT2D eigenvalue weighted by molar-refractivity contribution is 0.0240. The van der Waals surface area contributed by atoms with Crippen molar-refractivity contribution in [1.29, 1.82) is 0 Å². The quantitative estimate of drug-likeness (QED) is 0.808. The van der Waals surface area contributed by atoms with E-state index in [2.05, 4.69) is 24.2 Å². The van der Waals surface area contributed by atoms with Crippen molar-refractivity contribution in [3.05, 3.63) is 29.8 Å². The van der Waals surface area contributed by atoms with E-state index in [1.807, 2.05) is 18.2 Å². The first kappa shape index (κ1) is 14.9. The van der Waals surface area contributed by atoms with Gasteiger partial charge in [-0.3, -0.25) is 0 Å². The van der Waals surface area contributed by atoms with Crippen molar-refractivity contribution >= 4 is 0 Å². The van der Waals surface area contributed by atoms with Crippen LogP contribution < -0.4 is 10.1 Å². The zero-order valence-corrected chi connectivity index (χ0v) is 12.2. The summed E-state index contributed by atoms with van der Waals surface area (Å²) in [7, 11) is 0. The molecular weight excluding hydrogens is 250 g/mol. The van der Waals surface area contributed by atoms with Crippen molar-refractivity contribution in [2.45, 2.75) is 26.3 Å². The maximum absolute atomic E-state index is 5.56. The van der Waals surface area contributed by atoms with Gasteiger partial charge in [-0.2, -0.15) is 0 Å². The molecular formula is C17H23NO2. The molecule has 0 spiro atoms. The van der Waals surface area contributed by atoms with Crippen LogP contribution in [0.4, 0.5) is 0 Å². The van der Waals surface area contributed by atoms with Gasteiger partial charge in [0.05, 0.1) is 0 Å². The van der Waals surface area contributed by atoms with Crippen molar-refractivity contribution < 1.29 is 9.47 Å². The van der Waals surface area contributed by atoms with E-state index < -0.39 is 0 Å². The average Bonchev–Trinajstić information content (AvgIpc) is 2.47. The molecule has 0 aromatic heterocycles. The minimum Gasteiger partial charge on any atom is -0.481 e. The van der Waals surface area contributed by atoms with Crippen LogP contribution in [0.25, 0.3) is 0 Å². The molecule has 2 rings (SSSR count). The number of benzene rings is 1. The second-order valence-corrected chi connectivity index (χ2v) is 5.63. The smallest absolute Gasteiger partial charge is 0.148 e. The van der Waals surface area contributed by atoms with Crippen molar-refractivity contribution in [2.24, 2.45) is 5.41 Å². The lowest BCUT2D eigenvalue weighted by atomic mass is 9.82. The molecule has 20 heavy (non-hydrogen) atoms. The summed E-state index contributed by atoms with van der Waals surface area (Å²) >= 11 is 0. The van der Waals surface area contributed by atoms with Crippen LogP contribution in [0.2, 0.25) is 0 Å². The molecule has 1 aliphatic rings. The number of ether oxygens (including phenoxy) is 2. The first-order valence-corrected chi connectivity index (χ1v) is 7.16. The fraction of sp³-hybridized carbons (Fsp3) is 0.529. The SMILES string of the molecule is C#CCOc1ccccc1CNCC1(C)CCOCC1. The summed E-state index contributed by atoms with van der Waals surface area (Å²) in [4.78, 5) is 0. The maximum Gasteiger partial charge on any atom is 0.148 e. The minimum atomic E-state index is 0.312. The summed E-state index contributed by atoms with van der Waals surface area (Å²) in [5.41, 5.74) is 1.49. The van der Waals surface area contributed by atoms with Gasteiger partial charge >= 0.3 is 0 Å². The van der Waals surface area contributed by atoms with E-state index in [1.54, 1.807) is 0 Å². The number of hydrogen-bond acceptors (Lipinski definition) is 3. The summed E-state index contributed by atoms with van der Waals surface area (Å²) in [6.45, 7) is 6.19. The van der Waals surface area contributed by atoms with Crippen LogP contribution in [-0.2, 0) is 11.3 Å². The Labute approximate surface area is 121 Å². The monoisotopic (exact) mass is 273 g/mol. The molecule has 3 heteroatoms. The third kappa shape index (κ3) is 4.26. The molecule has 108 valence electrons. The maximum atomic E-state index is 5.56. The second kappa shape index (κ2) is 7.33. The van der Waals surface area contributed by atoms with Crippen molar-refractivity contribution in [3.63, 3.8) is 0 Å². The highest BCUT2D eigenvalue weighted by molar-refractivity contribution is 5.33. The van der Waals surface area contributed by atoms with Crippen LogP contribution in [0.3, 0.4) is 0 Å². The second-order valence-electron chi connectivity index (χ2n) is 5.63. The van der Waals surface area contributed by atoms with Crippen LogP contribution in [0, 0.1) is 17.8 Å². The third-order valence-corrected chi connectivity index (χ3v) is 3.85. The van der Waals surface area contributed by atoms with E-state index in [4.69, 9.17) is 15.9 Å². The van der Waals surface area contributed by atoms with E-state index in [0.717, 1.165) is 50.5 Å². The van der Waals surface area contributed by atoms with Crippen LogP contribution in [0.1, 0.15) is 25.3 Å². The number of rotatable bonds is 6. The fourth-order valence-electron chi connectivity index (χ4n) is 2.45. The summed E-state index contributed by atoms with van der Waals surface area (Å²) < 4.78 is 11.0. The molecule has 1 aromatic rings. The van der Waals surface area contributed by atoms with Crippen molar-refractivity contribution in [3.8, 4) is 18.1 Å². The Hall–Kier alpha value is -1.50. The molecule has 0 amide bonds. The Morgan fingerprint density at radius 1 is 1.35 bits per heavy atom. The predicted molar refractivity (Wildman–Crippen MR) is 80.6 cm³/mol. The van der Waals surface area contributed by atoms with E-state index >= 15 is 0 Å². The third-order valence-electron chi connectivity index (χ3n) is 3.85. The Kier molecular flexibility index (Phi) is 5.46. The first-order chi connectivity index (χ1) is 9.73. The molecule has 1 heterocycles. The minimum absolute atomic E-state index is 0.312. The highest BCUT2D eigenvalue weighted by Gasteiger charge is 2.26. The van der Waals surface area contributed by atoms with Gasteiger partial charge in [0.2, 0.25) is 0 Å². The topological polar surface area (TPSA) is 30.5 Å². The Balaban J connectivity index is 1.86. The van der Waals surface area contributed by atoms with Crippen LogP contribution >= 0.6 is 0 Å². The van der Waals surface area contributed by atoms with Gasteiger partial charge < -0.3 is 14.8 Å². The fourth-order valence-corrected chi connectivity index (χ4v) is 2.45. The Morgan fingerprint density at radius 3 is 2.85 bits per heavy atom. The van der Waals surface area contributed by atoms with E-state index in [1.165, 1.54) is 0 Å². The van der Waals surface area contributed by atoms with Gasteiger partial charge in [-0.05, 0) is 24.3 Å². The average molecular weight is 273 g/mol. The molecule has 0 unspecified atom stereocenters. The van der Waals surface area contributed by atoms with Gasteiger partial charge in [0, 0.05) is 31.9 Å². The van der Waals surface area contributed by atoms with Gasteiger partial charge in [0.15, 0.2) is 0 Å². The largest absolute Gasteiger partial charge is 0.481 e. The van der Waals surface area contributed by atoms with Crippen molar-refractivity contribution in [2.75, 3.05) is 26.4 Å². The number of terminal acetylenes is 1. The Bertz CT molecular complexity index is 458. The van der Waals surface area contributed by atoms with E-state index in [-0.39, 0.29) is 0 Å². The van der Waals surface area contributed by atoms with E-state index in [9.17, 15) is 0 Å². The molecule has 0 aliphatic carbocycles. The van der Waals surface area contributed by atoms with Crippen molar-refractivity contribution in [1.82, 2.24) is 5.32 Å².